The van der Waals surface area contributed by atoms with E-state index >= 15 is 0 Å². The van der Waals surface area contributed by atoms with Crippen molar-refractivity contribution in [1.82, 2.24) is 19.5 Å². The quantitative estimate of drug-likeness (QED) is 0.185. The van der Waals surface area contributed by atoms with E-state index in [1.807, 2.05) is 26.0 Å². The lowest BCUT2D eigenvalue weighted by atomic mass is 10.1. The number of anilines is 3. The number of benzene rings is 2. The number of carbonyl (C=O) groups is 1. The predicted octanol–water partition coefficient (Wildman–Crippen LogP) is 6.91. The van der Waals surface area contributed by atoms with Crippen LogP contribution in [0.25, 0.3) is 11.3 Å². The highest BCUT2D eigenvalue weighted by molar-refractivity contribution is 6.05. The van der Waals surface area contributed by atoms with E-state index in [-0.39, 0.29) is 22.9 Å². The van der Waals surface area contributed by atoms with E-state index in [0.717, 1.165) is 23.3 Å². The molecule has 0 unspecified atom stereocenters. The molecule has 2 heterocycles. The molecule has 0 bridgehead atoms. The molecular formula is C29H26F3N7O. The number of aromatic nitrogens is 4. The van der Waals surface area contributed by atoms with Gasteiger partial charge in [0.1, 0.15) is 0 Å². The zero-order valence-corrected chi connectivity index (χ0v) is 22.0. The predicted molar refractivity (Wildman–Crippen MR) is 150 cm³/mol. The van der Waals surface area contributed by atoms with Crippen LogP contribution in [-0.4, -0.2) is 32.1 Å². The van der Waals surface area contributed by atoms with E-state index in [0.29, 0.717) is 17.1 Å². The van der Waals surface area contributed by atoms with E-state index in [1.165, 1.54) is 17.0 Å². The number of imidazole rings is 1. The van der Waals surface area contributed by atoms with Crippen molar-refractivity contribution in [3.63, 3.8) is 0 Å². The third-order valence-corrected chi connectivity index (χ3v) is 5.79. The van der Waals surface area contributed by atoms with Crippen molar-refractivity contribution >= 4 is 35.5 Å². The summed E-state index contributed by atoms with van der Waals surface area (Å²) in [5, 5.41) is 5.70. The SMILES string of the molecule is C=NC=C(C=CC)c1ccnc(Nc2cc(C(=O)Nc3cc(-n4cnc(C)c4)cc(C(F)(F)F)c3)ccc2C)n1. The van der Waals surface area contributed by atoms with Crippen LogP contribution >= 0.6 is 0 Å². The van der Waals surface area contributed by atoms with E-state index < -0.39 is 17.6 Å². The van der Waals surface area contributed by atoms with Crippen molar-refractivity contribution in [3.8, 4) is 5.69 Å². The maximum atomic E-state index is 13.6. The molecule has 0 atom stereocenters. The minimum atomic E-state index is -4.61. The number of amides is 1. The van der Waals surface area contributed by atoms with Crippen LogP contribution in [0.2, 0.25) is 0 Å². The highest BCUT2D eigenvalue weighted by Crippen LogP contribution is 2.33. The van der Waals surface area contributed by atoms with Crippen LogP contribution in [0.5, 0.6) is 0 Å². The van der Waals surface area contributed by atoms with Crippen LogP contribution in [-0.2, 0) is 6.18 Å². The van der Waals surface area contributed by atoms with E-state index in [2.05, 4.69) is 37.3 Å². The van der Waals surface area contributed by atoms with Gasteiger partial charge >= 0.3 is 6.18 Å². The molecule has 204 valence electrons. The normalized spacial score (nSPS) is 12.0. The number of hydrogen-bond acceptors (Lipinski definition) is 6. The van der Waals surface area contributed by atoms with Crippen LogP contribution < -0.4 is 10.6 Å². The third kappa shape index (κ3) is 6.68. The lowest BCUT2D eigenvalue weighted by Crippen LogP contribution is -2.14. The fourth-order valence-electron chi connectivity index (χ4n) is 3.83. The number of nitrogens with zero attached hydrogens (tertiary/aromatic N) is 5. The number of aliphatic imine (C=N–C) groups is 1. The summed E-state index contributed by atoms with van der Waals surface area (Å²) in [5.41, 5.74) is 2.89. The van der Waals surface area contributed by atoms with Gasteiger partial charge in [0, 0.05) is 46.8 Å². The molecule has 0 aliphatic rings. The molecule has 40 heavy (non-hydrogen) atoms. The van der Waals surface area contributed by atoms with Gasteiger partial charge < -0.3 is 15.2 Å². The van der Waals surface area contributed by atoms with Crippen molar-refractivity contribution in [3.05, 3.63) is 108 Å². The number of aryl methyl sites for hydroxylation is 2. The molecule has 2 N–H and O–H groups in total. The number of halogens is 3. The minimum Gasteiger partial charge on any atom is -0.324 e. The highest BCUT2D eigenvalue weighted by Gasteiger charge is 2.31. The Bertz CT molecular complexity index is 1620. The second kappa shape index (κ2) is 11.8. The maximum absolute atomic E-state index is 13.6. The molecule has 0 saturated carbocycles. The first-order chi connectivity index (χ1) is 19.1. The van der Waals surface area contributed by atoms with Gasteiger partial charge in [-0.2, -0.15) is 13.2 Å². The Morgan fingerprint density at radius 2 is 1.90 bits per heavy atom. The fourth-order valence-corrected chi connectivity index (χ4v) is 3.83. The number of rotatable bonds is 8. The van der Waals surface area contributed by atoms with Gasteiger partial charge in [0.2, 0.25) is 5.95 Å². The van der Waals surface area contributed by atoms with Crippen LogP contribution in [0.1, 0.15) is 39.8 Å². The summed E-state index contributed by atoms with van der Waals surface area (Å²) in [7, 11) is 0. The number of allylic oxidation sites excluding steroid dienone is 3. The molecule has 4 rings (SSSR count). The second-order valence-electron chi connectivity index (χ2n) is 8.83. The number of carbonyl (C=O) groups excluding carboxylic acids is 1. The number of hydrogen-bond donors (Lipinski definition) is 2. The molecule has 0 aliphatic carbocycles. The summed E-state index contributed by atoms with van der Waals surface area (Å²) >= 11 is 0. The third-order valence-electron chi connectivity index (χ3n) is 5.79. The Balaban J connectivity index is 1.61. The van der Waals surface area contributed by atoms with Gasteiger partial charge in [-0.15, -0.1) is 0 Å². The molecule has 0 radical (unpaired) electrons. The molecule has 0 aliphatic heterocycles. The minimum absolute atomic E-state index is 0.00794. The van der Waals surface area contributed by atoms with Crippen LogP contribution in [0, 0.1) is 13.8 Å². The fraction of sp³-hybridized carbons (Fsp3) is 0.138. The Labute approximate surface area is 229 Å². The van der Waals surface area contributed by atoms with Crippen LogP contribution in [0.4, 0.5) is 30.5 Å². The van der Waals surface area contributed by atoms with Gasteiger partial charge in [-0.3, -0.25) is 9.79 Å². The van der Waals surface area contributed by atoms with Gasteiger partial charge in [-0.1, -0.05) is 18.2 Å². The standard InChI is InChI=1S/C29H26F3N7O/c1-5-6-21(15-33-4)25-9-10-34-28(37-25)38-26-11-20(8-7-18(26)2)27(40)36-23-12-22(29(30,31)32)13-24(14-23)39-16-19(3)35-17-39/h5-17H,4H2,1-3H3,(H,36,40)(H,34,37,38). The Morgan fingerprint density at radius 3 is 2.58 bits per heavy atom. The molecule has 0 fully saturated rings. The summed E-state index contributed by atoms with van der Waals surface area (Å²) in [5.74, 6) is -0.295. The summed E-state index contributed by atoms with van der Waals surface area (Å²) in [6, 6.07) is 9.97. The number of alkyl halides is 3. The van der Waals surface area contributed by atoms with Gasteiger partial charge in [-0.05, 0) is 69.5 Å². The van der Waals surface area contributed by atoms with Crippen molar-refractivity contribution in [1.29, 1.82) is 0 Å². The number of nitrogens with one attached hydrogen (secondary N) is 2. The Kier molecular flexibility index (Phi) is 8.23. The largest absolute Gasteiger partial charge is 0.416 e. The first-order valence-corrected chi connectivity index (χ1v) is 12.1. The molecule has 2 aromatic heterocycles. The average molecular weight is 546 g/mol. The molecule has 0 spiro atoms. The summed E-state index contributed by atoms with van der Waals surface area (Å²) in [6.45, 7) is 8.93. The molecule has 0 saturated heterocycles. The highest BCUT2D eigenvalue weighted by atomic mass is 19.4. The van der Waals surface area contributed by atoms with E-state index in [4.69, 9.17) is 0 Å². The monoisotopic (exact) mass is 545 g/mol. The summed E-state index contributed by atoms with van der Waals surface area (Å²) in [6.07, 6.45) is 5.26. The van der Waals surface area contributed by atoms with Gasteiger partial charge in [0.15, 0.2) is 0 Å². The molecule has 11 heteroatoms. The van der Waals surface area contributed by atoms with E-state index in [9.17, 15) is 18.0 Å². The molecule has 2 aromatic carbocycles. The molecule has 8 nitrogen and oxygen atoms in total. The second-order valence-corrected chi connectivity index (χ2v) is 8.83. The van der Waals surface area contributed by atoms with Crippen molar-refractivity contribution in [2.75, 3.05) is 10.6 Å². The topological polar surface area (TPSA) is 97.1 Å². The first kappa shape index (κ1) is 28.0. The zero-order valence-electron chi connectivity index (χ0n) is 22.0. The lowest BCUT2D eigenvalue weighted by Gasteiger charge is -2.14. The van der Waals surface area contributed by atoms with E-state index in [1.54, 1.807) is 49.8 Å². The summed E-state index contributed by atoms with van der Waals surface area (Å²) < 4.78 is 42.3. The first-order valence-electron chi connectivity index (χ1n) is 12.1. The zero-order chi connectivity index (χ0) is 28.9. The van der Waals surface area contributed by atoms with Gasteiger partial charge in [0.05, 0.1) is 23.3 Å². The molecular weight excluding hydrogens is 519 g/mol. The van der Waals surface area contributed by atoms with Gasteiger partial charge in [0.25, 0.3) is 5.91 Å². The molecule has 4 aromatic rings. The smallest absolute Gasteiger partial charge is 0.324 e. The average Bonchev–Trinajstić information content (AvgIpc) is 3.35. The van der Waals surface area contributed by atoms with Gasteiger partial charge in [-0.25, -0.2) is 15.0 Å². The molecule has 1 amide bonds. The van der Waals surface area contributed by atoms with Crippen molar-refractivity contribution in [2.45, 2.75) is 26.9 Å². The van der Waals surface area contributed by atoms with Crippen molar-refractivity contribution in [2.24, 2.45) is 4.99 Å². The van der Waals surface area contributed by atoms with Crippen LogP contribution in [0.15, 0.2) is 84.5 Å². The Hall–Kier alpha value is -5.06. The lowest BCUT2D eigenvalue weighted by molar-refractivity contribution is -0.137. The van der Waals surface area contributed by atoms with Crippen molar-refractivity contribution < 1.29 is 18.0 Å². The maximum Gasteiger partial charge on any atom is 0.416 e. The Morgan fingerprint density at radius 1 is 1.10 bits per heavy atom. The van der Waals surface area contributed by atoms with Crippen LogP contribution in [0.3, 0.4) is 0 Å². The summed E-state index contributed by atoms with van der Waals surface area (Å²) in [4.78, 5) is 29.8.